The zero-order chi connectivity index (χ0) is 21.7. The Labute approximate surface area is 183 Å². The molecule has 2 aromatic rings. The normalized spacial score (nSPS) is 13.6. The molecule has 0 aromatic heterocycles. The van der Waals surface area contributed by atoms with Gasteiger partial charge < -0.3 is 14.8 Å². The summed E-state index contributed by atoms with van der Waals surface area (Å²) in [5, 5.41) is 3.67. The highest BCUT2D eigenvalue weighted by Crippen LogP contribution is 2.33. The maximum Gasteiger partial charge on any atom is 0.387 e. The van der Waals surface area contributed by atoms with Crippen LogP contribution < -0.4 is 14.8 Å². The van der Waals surface area contributed by atoms with E-state index in [-0.39, 0.29) is 30.0 Å². The molecule has 0 unspecified atom stereocenters. The van der Waals surface area contributed by atoms with E-state index >= 15 is 0 Å². The minimum absolute atomic E-state index is 0.0121. The van der Waals surface area contributed by atoms with Crippen molar-refractivity contribution in [2.45, 2.75) is 39.0 Å². The summed E-state index contributed by atoms with van der Waals surface area (Å²) in [6, 6.07) is 9.98. The zero-order valence-corrected chi connectivity index (χ0v) is 17.9. The third-order valence-electron chi connectivity index (χ3n) is 4.52. The van der Waals surface area contributed by atoms with E-state index in [1.54, 1.807) is 37.3 Å². The average Bonchev–Trinajstić information content (AvgIpc) is 3.51. The van der Waals surface area contributed by atoms with Gasteiger partial charge in [-0.05, 0) is 55.7 Å². The molecule has 0 bridgehead atoms. The largest absolute Gasteiger partial charge is 0.490 e. The smallest absolute Gasteiger partial charge is 0.387 e. The number of anilines is 1. The number of ether oxygens (including phenoxy) is 2. The fourth-order valence-corrected chi connectivity index (χ4v) is 3.41. The number of hydrogen-bond acceptors (Lipinski definition) is 4. The van der Waals surface area contributed by atoms with Gasteiger partial charge in [0.15, 0.2) is 11.5 Å². The average molecular weight is 459 g/mol. The van der Waals surface area contributed by atoms with E-state index in [4.69, 9.17) is 27.9 Å². The molecule has 5 nitrogen and oxygen atoms in total. The fourth-order valence-electron chi connectivity index (χ4n) is 3.07. The lowest BCUT2D eigenvalue weighted by molar-refractivity contribution is -0.117. The van der Waals surface area contributed by atoms with Crippen LogP contribution in [0.1, 0.15) is 25.3 Å². The monoisotopic (exact) mass is 458 g/mol. The molecule has 0 atom stereocenters. The number of amides is 1. The third kappa shape index (κ3) is 6.45. The second-order valence-electron chi connectivity index (χ2n) is 6.90. The number of nitrogens with zero attached hydrogens (tertiary/aromatic N) is 1. The summed E-state index contributed by atoms with van der Waals surface area (Å²) in [4.78, 5) is 14.6. The van der Waals surface area contributed by atoms with Crippen LogP contribution in [0.4, 0.5) is 14.5 Å². The van der Waals surface area contributed by atoms with Gasteiger partial charge in [-0.15, -0.1) is 0 Å². The lowest BCUT2D eigenvalue weighted by Crippen LogP contribution is -2.34. The standard InChI is InChI=1S/C21H22Cl2F2N2O3/c1-2-29-19-9-13(3-8-18(19)30-21(24)25)11-27(15-5-6-15)12-20(28)26-17-10-14(22)4-7-16(17)23/h3-4,7-10,15,21H,2,5-6,11-12H2,1H3,(H,26,28). The van der Waals surface area contributed by atoms with Crippen molar-refractivity contribution in [3.63, 3.8) is 0 Å². The van der Waals surface area contributed by atoms with Crippen LogP contribution in [0.2, 0.25) is 10.0 Å². The lowest BCUT2D eigenvalue weighted by atomic mass is 10.2. The molecule has 1 aliphatic carbocycles. The van der Waals surface area contributed by atoms with E-state index in [1.165, 1.54) is 6.07 Å². The Hall–Kier alpha value is -2.09. The summed E-state index contributed by atoms with van der Waals surface area (Å²) in [5.74, 6) is 0.0249. The van der Waals surface area contributed by atoms with E-state index < -0.39 is 6.61 Å². The molecule has 0 radical (unpaired) electrons. The van der Waals surface area contributed by atoms with Crippen molar-refractivity contribution in [2.24, 2.45) is 0 Å². The molecule has 1 N–H and O–H groups in total. The van der Waals surface area contributed by atoms with Crippen molar-refractivity contribution < 1.29 is 23.0 Å². The number of carbonyl (C=O) groups is 1. The molecule has 1 aliphatic rings. The Morgan fingerprint density at radius 3 is 2.63 bits per heavy atom. The van der Waals surface area contributed by atoms with Crippen LogP contribution in [0.15, 0.2) is 36.4 Å². The highest BCUT2D eigenvalue weighted by molar-refractivity contribution is 6.35. The lowest BCUT2D eigenvalue weighted by Gasteiger charge is -2.22. The van der Waals surface area contributed by atoms with E-state index in [0.29, 0.717) is 28.9 Å². The molecule has 0 aliphatic heterocycles. The molecule has 162 valence electrons. The summed E-state index contributed by atoms with van der Waals surface area (Å²) in [5.41, 5.74) is 1.29. The van der Waals surface area contributed by atoms with Crippen LogP contribution in [0.25, 0.3) is 0 Å². The van der Waals surface area contributed by atoms with Crippen molar-refractivity contribution >= 4 is 34.8 Å². The first-order valence-corrected chi connectivity index (χ1v) is 10.3. The Bertz CT molecular complexity index is 895. The van der Waals surface area contributed by atoms with E-state index in [9.17, 15) is 13.6 Å². The van der Waals surface area contributed by atoms with Crippen LogP contribution in [-0.2, 0) is 11.3 Å². The van der Waals surface area contributed by atoms with Crippen molar-refractivity contribution in [2.75, 3.05) is 18.5 Å². The van der Waals surface area contributed by atoms with Crippen molar-refractivity contribution in [1.29, 1.82) is 0 Å². The number of rotatable bonds is 10. The first-order chi connectivity index (χ1) is 14.4. The topological polar surface area (TPSA) is 50.8 Å². The molecule has 1 fully saturated rings. The molecule has 30 heavy (non-hydrogen) atoms. The van der Waals surface area contributed by atoms with Crippen LogP contribution in [-0.4, -0.2) is 36.6 Å². The number of hydrogen-bond donors (Lipinski definition) is 1. The number of benzene rings is 2. The Morgan fingerprint density at radius 2 is 1.97 bits per heavy atom. The van der Waals surface area contributed by atoms with E-state index in [2.05, 4.69) is 10.1 Å². The first kappa shape index (κ1) is 22.6. The van der Waals surface area contributed by atoms with E-state index in [1.807, 2.05) is 4.90 Å². The Kier molecular flexibility index (Phi) is 7.75. The third-order valence-corrected chi connectivity index (χ3v) is 5.09. The summed E-state index contributed by atoms with van der Waals surface area (Å²) in [6.07, 6.45) is 1.99. The number of alkyl halides is 2. The van der Waals surface area contributed by atoms with Gasteiger partial charge in [0, 0.05) is 17.6 Å². The number of nitrogens with one attached hydrogen (secondary N) is 1. The van der Waals surface area contributed by atoms with Gasteiger partial charge in [0.2, 0.25) is 5.91 Å². The second kappa shape index (κ2) is 10.3. The molecular weight excluding hydrogens is 437 g/mol. The predicted octanol–water partition coefficient (Wildman–Crippen LogP) is 5.60. The van der Waals surface area contributed by atoms with Gasteiger partial charge >= 0.3 is 6.61 Å². The molecule has 1 saturated carbocycles. The minimum atomic E-state index is -2.93. The highest BCUT2D eigenvalue weighted by Gasteiger charge is 2.30. The predicted molar refractivity (Wildman–Crippen MR) is 113 cm³/mol. The molecular formula is C21H22Cl2F2N2O3. The molecule has 1 amide bonds. The van der Waals surface area contributed by atoms with Crippen molar-refractivity contribution in [3.05, 3.63) is 52.0 Å². The number of carbonyl (C=O) groups excluding carboxylic acids is 1. The molecule has 0 saturated heterocycles. The van der Waals surface area contributed by atoms with Crippen molar-refractivity contribution in [3.8, 4) is 11.5 Å². The first-order valence-electron chi connectivity index (χ1n) is 9.55. The summed E-state index contributed by atoms with van der Waals surface area (Å²) in [6.45, 7) is -0.220. The summed E-state index contributed by atoms with van der Waals surface area (Å²) < 4.78 is 35.1. The molecule has 3 rings (SSSR count). The van der Waals surface area contributed by atoms with Gasteiger partial charge in [-0.2, -0.15) is 8.78 Å². The van der Waals surface area contributed by atoms with Crippen LogP contribution in [0.3, 0.4) is 0 Å². The minimum Gasteiger partial charge on any atom is -0.490 e. The van der Waals surface area contributed by atoms with Gasteiger partial charge in [-0.3, -0.25) is 9.69 Å². The van der Waals surface area contributed by atoms with Gasteiger partial charge in [0.05, 0.1) is 23.9 Å². The quantitative estimate of drug-likeness (QED) is 0.503. The maximum absolute atomic E-state index is 12.6. The van der Waals surface area contributed by atoms with Crippen molar-refractivity contribution in [1.82, 2.24) is 4.90 Å². The number of halogens is 4. The highest BCUT2D eigenvalue weighted by atomic mass is 35.5. The SMILES string of the molecule is CCOc1cc(CN(CC(=O)Nc2cc(Cl)ccc2Cl)C2CC2)ccc1OC(F)F. The van der Waals surface area contributed by atoms with Crippen LogP contribution in [0, 0.1) is 0 Å². The fraction of sp³-hybridized carbons (Fsp3) is 0.381. The van der Waals surface area contributed by atoms with Gasteiger partial charge in [-0.1, -0.05) is 29.3 Å². The summed E-state index contributed by atoms with van der Waals surface area (Å²) >= 11 is 12.1. The second-order valence-corrected chi connectivity index (χ2v) is 7.74. The van der Waals surface area contributed by atoms with Gasteiger partial charge in [0.1, 0.15) is 0 Å². The maximum atomic E-state index is 12.6. The van der Waals surface area contributed by atoms with Gasteiger partial charge in [-0.25, -0.2) is 0 Å². The van der Waals surface area contributed by atoms with Crippen LogP contribution >= 0.6 is 23.2 Å². The molecule has 9 heteroatoms. The molecule has 2 aromatic carbocycles. The zero-order valence-electron chi connectivity index (χ0n) is 16.3. The molecule has 0 heterocycles. The Morgan fingerprint density at radius 1 is 1.20 bits per heavy atom. The molecule has 0 spiro atoms. The Balaban J connectivity index is 1.69. The van der Waals surface area contributed by atoms with Gasteiger partial charge in [0.25, 0.3) is 0 Å². The summed E-state index contributed by atoms with van der Waals surface area (Å²) in [7, 11) is 0. The van der Waals surface area contributed by atoms with Crippen LogP contribution in [0.5, 0.6) is 11.5 Å². The van der Waals surface area contributed by atoms with E-state index in [0.717, 1.165) is 18.4 Å².